The lowest BCUT2D eigenvalue weighted by Gasteiger charge is -2.00. The van der Waals surface area contributed by atoms with Gasteiger partial charge in [0.05, 0.1) is 0 Å². The molecule has 2 rings (SSSR count). The van der Waals surface area contributed by atoms with Gasteiger partial charge in [0.25, 0.3) is 0 Å². The van der Waals surface area contributed by atoms with Crippen molar-refractivity contribution < 1.29 is 0 Å². The highest BCUT2D eigenvalue weighted by Gasteiger charge is 2.21. The van der Waals surface area contributed by atoms with Crippen molar-refractivity contribution in [3.05, 3.63) is 40.9 Å². The Hall–Kier alpha value is -0.750. The molecule has 1 atom stereocenters. The molecule has 0 saturated carbocycles. The molecule has 1 unspecified atom stereocenters. The molecular weight excluding hydrogens is 168 g/mol. The highest BCUT2D eigenvalue weighted by molar-refractivity contribution is 6.30. The van der Waals surface area contributed by atoms with Crippen molar-refractivity contribution in [2.75, 3.05) is 0 Å². The summed E-state index contributed by atoms with van der Waals surface area (Å²) in [5, 5.41) is 0.829. The SMILES string of the molecule is C=C1c2ccc(Cl)cc2CC1C. The minimum absolute atomic E-state index is 0.582. The molecular formula is C11H11Cl. The largest absolute Gasteiger partial charge is 0.0949 e. The van der Waals surface area contributed by atoms with Crippen LogP contribution in [0.25, 0.3) is 5.57 Å². The normalized spacial score (nSPS) is 21.2. The molecule has 0 aliphatic heterocycles. The third-order valence-corrected chi connectivity index (χ3v) is 2.77. The van der Waals surface area contributed by atoms with Gasteiger partial charge in [-0.3, -0.25) is 0 Å². The third kappa shape index (κ3) is 1.07. The van der Waals surface area contributed by atoms with E-state index in [-0.39, 0.29) is 0 Å². The molecule has 0 radical (unpaired) electrons. The topological polar surface area (TPSA) is 0 Å². The molecule has 62 valence electrons. The molecule has 1 aromatic carbocycles. The lowest BCUT2D eigenvalue weighted by atomic mass is 10.0. The lowest BCUT2D eigenvalue weighted by Crippen LogP contribution is -1.87. The molecule has 1 aromatic rings. The molecule has 0 heterocycles. The lowest BCUT2D eigenvalue weighted by molar-refractivity contribution is 0.782. The first-order valence-electron chi connectivity index (χ1n) is 4.16. The number of fused-ring (bicyclic) bond motifs is 1. The van der Waals surface area contributed by atoms with Crippen LogP contribution in [0.15, 0.2) is 24.8 Å². The van der Waals surface area contributed by atoms with Gasteiger partial charge in [0, 0.05) is 5.02 Å². The van der Waals surface area contributed by atoms with E-state index in [1.807, 2.05) is 12.1 Å². The average molecular weight is 179 g/mol. The molecule has 0 N–H and O–H groups in total. The highest BCUT2D eigenvalue weighted by atomic mass is 35.5. The maximum Gasteiger partial charge on any atom is 0.0409 e. The predicted molar refractivity (Wildman–Crippen MR) is 53.4 cm³/mol. The van der Waals surface area contributed by atoms with Gasteiger partial charge in [0.1, 0.15) is 0 Å². The Morgan fingerprint density at radius 2 is 2.25 bits per heavy atom. The van der Waals surface area contributed by atoms with Crippen molar-refractivity contribution in [2.24, 2.45) is 5.92 Å². The van der Waals surface area contributed by atoms with Gasteiger partial charge in [-0.1, -0.05) is 31.2 Å². The summed E-state index contributed by atoms with van der Waals surface area (Å²) < 4.78 is 0. The van der Waals surface area contributed by atoms with Crippen LogP contribution >= 0.6 is 11.6 Å². The minimum atomic E-state index is 0.582. The summed E-state index contributed by atoms with van der Waals surface area (Å²) in [5.74, 6) is 0.582. The van der Waals surface area contributed by atoms with E-state index in [4.69, 9.17) is 11.6 Å². The zero-order chi connectivity index (χ0) is 8.72. The van der Waals surface area contributed by atoms with E-state index in [2.05, 4.69) is 19.6 Å². The van der Waals surface area contributed by atoms with Gasteiger partial charge in [0.15, 0.2) is 0 Å². The van der Waals surface area contributed by atoms with Crippen molar-refractivity contribution in [1.29, 1.82) is 0 Å². The second-order valence-corrected chi connectivity index (χ2v) is 3.87. The average Bonchev–Trinajstić information content (AvgIpc) is 2.28. The van der Waals surface area contributed by atoms with Crippen LogP contribution in [0.2, 0.25) is 5.02 Å². The molecule has 0 saturated heterocycles. The van der Waals surface area contributed by atoms with Crippen molar-refractivity contribution in [1.82, 2.24) is 0 Å². The van der Waals surface area contributed by atoms with Crippen LogP contribution < -0.4 is 0 Å². The van der Waals surface area contributed by atoms with Gasteiger partial charge in [-0.25, -0.2) is 0 Å². The molecule has 0 aromatic heterocycles. The molecule has 0 fully saturated rings. The van der Waals surface area contributed by atoms with Gasteiger partial charge in [-0.2, -0.15) is 0 Å². The molecule has 1 aliphatic carbocycles. The number of hydrogen-bond acceptors (Lipinski definition) is 0. The standard InChI is InChI=1S/C11H11Cl/c1-7-5-9-6-10(12)3-4-11(9)8(7)2/h3-4,6-7H,2,5H2,1H3. The van der Waals surface area contributed by atoms with Gasteiger partial charge >= 0.3 is 0 Å². The smallest absolute Gasteiger partial charge is 0.0409 e. The van der Waals surface area contributed by atoms with Gasteiger partial charge in [0.2, 0.25) is 0 Å². The summed E-state index contributed by atoms with van der Waals surface area (Å²) in [7, 11) is 0. The van der Waals surface area contributed by atoms with E-state index in [0.717, 1.165) is 11.4 Å². The first-order valence-corrected chi connectivity index (χ1v) is 4.54. The molecule has 0 nitrogen and oxygen atoms in total. The fourth-order valence-corrected chi connectivity index (χ4v) is 1.96. The Bertz CT molecular complexity index is 339. The molecule has 0 bridgehead atoms. The number of hydrogen-bond donors (Lipinski definition) is 0. The van der Waals surface area contributed by atoms with Crippen LogP contribution in [0.5, 0.6) is 0 Å². The monoisotopic (exact) mass is 178 g/mol. The summed E-state index contributed by atoms with van der Waals surface area (Å²) in [6.45, 7) is 6.27. The van der Waals surface area contributed by atoms with Crippen LogP contribution in [0.4, 0.5) is 0 Å². The van der Waals surface area contributed by atoms with Crippen LogP contribution in [0.1, 0.15) is 18.1 Å². The van der Waals surface area contributed by atoms with Gasteiger partial charge < -0.3 is 0 Å². The minimum Gasteiger partial charge on any atom is -0.0949 e. The van der Waals surface area contributed by atoms with Crippen molar-refractivity contribution in [2.45, 2.75) is 13.3 Å². The molecule has 1 heteroatoms. The van der Waals surface area contributed by atoms with E-state index in [0.29, 0.717) is 5.92 Å². The van der Waals surface area contributed by atoms with E-state index in [1.165, 1.54) is 16.7 Å². The molecule has 12 heavy (non-hydrogen) atoms. The zero-order valence-corrected chi connectivity index (χ0v) is 7.86. The number of rotatable bonds is 0. The summed E-state index contributed by atoms with van der Waals surface area (Å²) in [4.78, 5) is 0. The van der Waals surface area contributed by atoms with Crippen LogP contribution in [0, 0.1) is 5.92 Å². The van der Waals surface area contributed by atoms with Crippen molar-refractivity contribution in [3.8, 4) is 0 Å². The highest BCUT2D eigenvalue weighted by Crippen LogP contribution is 2.36. The first-order chi connectivity index (χ1) is 5.68. The second kappa shape index (κ2) is 2.63. The Morgan fingerprint density at radius 3 is 3.00 bits per heavy atom. The van der Waals surface area contributed by atoms with Gasteiger partial charge in [-0.05, 0) is 41.2 Å². The van der Waals surface area contributed by atoms with Crippen molar-refractivity contribution >= 4 is 17.2 Å². The predicted octanol–water partition coefficient (Wildman–Crippen LogP) is 3.55. The molecule has 1 aliphatic rings. The Balaban J connectivity index is 2.54. The van der Waals surface area contributed by atoms with Crippen LogP contribution in [-0.4, -0.2) is 0 Å². The second-order valence-electron chi connectivity index (χ2n) is 3.43. The first kappa shape index (κ1) is 7.88. The fourth-order valence-electron chi connectivity index (χ4n) is 1.76. The Morgan fingerprint density at radius 1 is 1.50 bits per heavy atom. The summed E-state index contributed by atoms with van der Waals surface area (Å²) in [6.07, 6.45) is 1.09. The fraction of sp³-hybridized carbons (Fsp3) is 0.273. The van der Waals surface area contributed by atoms with Crippen LogP contribution in [0.3, 0.4) is 0 Å². The quantitative estimate of drug-likeness (QED) is 0.570. The maximum absolute atomic E-state index is 5.89. The van der Waals surface area contributed by atoms with E-state index < -0.39 is 0 Å². The summed E-state index contributed by atoms with van der Waals surface area (Å²) in [6, 6.07) is 6.05. The number of allylic oxidation sites excluding steroid dienone is 1. The number of halogens is 1. The van der Waals surface area contributed by atoms with Gasteiger partial charge in [-0.15, -0.1) is 0 Å². The third-order valence-electron chi connectivity index (χ3n) is 2.53. The number of benzene rings is 1. The summed E-state index contributed by atoms with van der Waals surface area (Å²) in [5.41, 5.74) is 3.90. The summed E-state index contributed by atoms with van der Waals surface area (Å²) >= 11 is 5.89. The van der Waals surface area contributed by atoms with E-state index >= 15 is 0 Å². The van der Waals surface area contributed by atoms with Crippen LogP contribution in [-0.2, 0) is 6.42 Å². The van der Waals surface area contributed by atoms with E-state index in [9.17, 15) is 0 Å². The van der Waals surface area contributed by atoms with E-state index in [1.54, 1.807) is 0 Å². The Labute approximate surface area is 77.9 Å². The molecule has 0 amide bonds. The Kier molecular flexibility index (Phi) is 1.73. The molecule has 0 spiro atoms. The zero-order valence-electron chi connectivity index (χ0n) is 7.10. The maximum atomic E-state index is 5.89. The van der Waals surface area contributed by atoms with Crippen molar-refractivity contribution in [3.63, 3.8) is 0 Å².